The van der Waals surface area contributed by atoms with Gasteiger partial charge in [-0.1, -0.05) is 0 Å². The largest absolute Gasteiger partial charge is 0.373 e. The molecule has 0 amide bonds. The fourth-order valence-electron chi connectivity index (χ4n) is 2.62. The van der Waals surface area contributed by atoms with Crippen molar-refractivity contribution >= 4 is 11.8 Å². The molecule has 2 aromatic heterocycles. The first kappa shape index (κ1) is 16.3. The second-order valence-corrected chi connectivity index (χ2v) is 5.69. The molecule has 0 N–H and O–H groups in total. The lowest BCUT2D eigenvalue weighted by atomic mass is 10.2. The molecule has 0 aliphatic carbocycles. The Balaban J connectivity index is 1.68. The summed E-state index contributed by atoms with van der Waals surface area (Å²) in [5.74, 6) is 0.383. The molecule has 1 saturated heterocycles. The number of aromatic nitrogens is 4. The van der Waals surface area contributed by atoms with Gasteiger partial charge in [-0.15, -0.1) is 0 Å². The molecule has 128 valence electrons. The van der Waals surface area contributed by atoms with Gasteiger partial charge in [0.2, 0.25) is 5.95 Å². The van der Waals surface area contributed by atoms with Crippen molar-refractivity contribution in [1.29, 1.82) is 0 Å². The number of rotatable bonds is 4. The van der Waals surface area contributed by atoms with Crippen molar-refractivity contribution < 1.29 is 9.13 Å². The molecule has 1 atom stereocenters. The fraction of sp³-hybridized carbons (Fsp3) is 0.467. The van der Waals surface area contributed by atoms with Gasteiger partial charge in [0.15, 0.2) is 11.6 Å². The first-order chi connectivity index (χ1) is 11.5. The van der Waals surface area contributed by atoms with Crippen LogP contribution in [0.15, 0.2) is 29.6 Å². The standard InChI is InChI=1S/C15H19FN6O2/c1-20-4-3-17-13(14(20)23)21(2)9-12-10-22(5-6-24-12)15-18-7-11(16)8-19-15/h3-4,7-8,12H,5-6,9-10H2,1-2H3/t12-/m1/s1. The van der Waals surface area contributed by atoms with Crippen LogP contribution >= 0.6 is 0 Å². The Bertz CT molecular complexity index is 750. The molecule has 0 aromatic carbocycles. The van der Waals surface area contributed by atoms with E-state index in [2.05, 4.69) is 15.0 Å². The molecule has 0 spiro atoms. The molecule has 0 saturated carbocycles. The molecule has 2 aromatic rings. The summed E-state index contributed by atoms with van der Waals surface area (Å²) in [7, 11) is 3.49. The highest BCUT2D eigenvalue weighted by molar-refractivity contribution is 5.35. The molecule has 1 fully saturated rings. The van der Waals surface area contributed by atoms with Crippen LogP contribution in [0.4, 0.5) is 16.2 Å². The summed E-state index contributed by atoms with van der Waals surface area (Å²) >= 11 is 0. The van der Waals surface area contributed by atoms with Gasteiger partial charge in [0.05, 0.1) is 25.1 Å². The van der Waals surface area contributed by atoms with Crippen LogP contribution in [0.2, 0.25) is 0 Å². The molecule has 0 radical (unpaired) electrons. The maximum atomic E-state index is 12.9. The van der Waals surface area contributed by atoms with Crippen LogP contribution in [0, 0.1) is 5.82 Å². The molecule has 0 unspecified atom stereocenters. The Morgan fingerprint density at radius 1 is 1.38 bits per heavy atom. The van der Waals surface area contributed by atoms with E-state index >= 15 is 0 Å². The molecule has 9 heteroatoms. The Hall–Kier alpha value is -2.55. The maximum Gasteiger partial charge on any atom is 0.293 e. The molecule has 0 bridgehead atoms. The Kier molecular flexibility index (Phi) is 4.70. The summed E-state index contributed by atoms with van der Waals surface area (Å²) in [6.07, 6.45) is 5.37. The van der Waals surface area contributed by atoms with Gasteiger partial charge in [0, 0.05) is 46.1 Å². The number of aryl methyl sites for hydroxylation is 1. The van der Waals surface area contributed by atoms with Crippen LogP contribution in [0.3, 0.4) is 0 Å². The number of anilines is 2. The van der Waals surface area contributed by atoms with Crippen LogP contribution < -0.4 is 15.4 Å². The van der Waals surface area contributed by atoms with E-state index in [4.69, 9.17) is 4.74 Å². The van der Waals surface area contributed by atoms with Crippen molar-refractivity contribution in [2.24, 2.45) is 7.05 Å². The zero-order valence-corrected chi connectivity index (χ0v) is 13.6. The zero-order valence-electron chi connectivity index (χ0n) is 13.6. The van der Waals surface area contributed by atoms with Gasteiger partial charge in [-0.05, 0) is 0 Å². The van der Waals surface area contributed by atoms with Crippen molar-refractivity contribution in [3.63, 3.8) is 0 Å². The van der Waals surface area contributed by atoms with Gasteiger partial charge in [-0.3, -0.25) is 4.79 Å². The van der Waals surface area contributed by atoms with Crippen molar-refractivity contribution in [3.8, 4) is 0 Å². The average Bonchev–Trinajstić information content (AvgIpc) is 2.58. The minimum Gasteiger partial charge on any atom is -0.373 e. The van der Waals surface area contributed by atoms with Gasteiger partial charge in [0.25, 0.3) is 5.56 Å². The Labute approximate surface area is 138 Å². The number of hydrogen-bond donors (Lipinski definition) is 0. The zero-order chi connectivity index (χ0) is 17.1. The third kappa shape index (κ3) is 3.51. The van der Waals surface area contributed by atoms with Crippen molar-refractivity contribution in [3.05, 3.63) is 41.0 Å². The average molecular weight is 334 g/mol. The highest BCUT2D eigenvalue weighted by Crippen LogP contribution is 2.14. The second kappa shape index (κ2) is 6.91. The van der Waals surface area contributed by atoms with Gasteiger partial charge in [-0.2, -0.15) is 0 Å². The Morgan fingerprint density at radius 2 is 2.12 bits per heavy atom. The highest BCUT2D eigenvalue weighted by Gasteiger charge is 2.24. The molecular weight excluding hydrogens is 315 g/mol. The molecule has 1 aliphatic rings. The van der Waals surface area contributed by atoms with Gasteiger partial charge < -0.3 is 19.1 Å². The van der Waals surface area contributed by atoms with Crippen LogP contribution in [-0.4, -0.2) is 58.9 Å². The van der Waals surface area contributed by atoms with Gasteiger partial charge >= 0.3 is 0 Å². The Morgan fingerprint density at radius 3 is 2.88 bits per heavy atom. The van der Waals surface area contributed by atoms with Crippen LogP contribution in [-0.2, 0) is 11.8 Å². The van der Waals surface area contributed by atoms with Crippen molar-refractivity contribution in [2.45, 2.75) is 6.10 Å². The maximum absolute atomic E-state index is 12.9. The SMILES string of the molecule is CN(C[C@@H]1CN(c2ncc(F)cn2)CCO1)c1nccn(C)c1=O. The van der Waals surface area contributed by atoms with E-state index in [-0.39, 0.29) is 11.7 Å². The van der Waals surface area contributed by atoms with E-state index in [1.807, 2.05) is 4.90 Å². The van der Waals surface area contributed by atoms with E-state index in [0.717, 1.165) is 12.4 Å². The van der Waals surface area contributed by atoms with Gasteiger partial charge in [-0.25, -0.2) is 19.3 Å². The number of morpholine rings is 1. The number of nitrogens with zero attached hydrogens (tertiary/aromatic N) is 6. The highest BCUT2D eigenvalue weighted by atomic mass is 19.1. The summed E-state index contributed by atoms with van der Waals surface area (Å²) in [5.41, 5.74) is -0.158. The summed E-state index contributed by atoms with van der Waals surface area (Å²) in [6.45, 7) is 2.21. The first-order valence-electron chi connectivity index (χ1n) is 7.61. The van der Waals surface area contributed by atoms with Crippen LogP contribution in [0.25, 0.3) is 0 Å². The predicted octanol–water partition coefficient (Wildman–Crippen LogP) is 0.0510. The normalized spacial score (nSPS) is 17.8. The number of hydrogen-bond acceptors (Lipinski definition) is 7. The third-order valence-corrected chi connectivity index (χ3v) is 3.87. The monoisotopic (exact) mass is 334 g/mol. The predicted molar refractivity (Wildman–Crippen MR) is 86.7 cm³/mol. The van der Waals surface area contributed by atoms with Crippen molar-refractivity contribution in [2.75, 3.05) is 43.1 Å². The molecule has 3 rings (SSSR count). The first-order valence-corrected chi connectivity index (χ1v) is 7.61. The third-order valence-electron chi connectivity index (χ3n) is 3.87. The number of likely N-dealkylation sites (N-methyl/N-ethyl adjacent to an activating group) is 1. The number of halogens is 1. The molecule has 3 heterocycles. The topological polar surface area (TPSA) is 76.4 Å². The van der Waals surface area contributed by atoms with E-state index in [0.29, 0.717) is 38.0 Å². The molecule has 24 heavy (non-hydrogen) atoms. The van der Waals surface area contributed by atoms with E-state index < -0.39 is 5.82 Å². The molecule has 1 aliphatic heterocycles. The van der Waals surface area contributed by atoms with Gasteiger partial charge in [0.1, 0.15) is 0 Å². The lowest BCUT2D eigenvalue weighted by Gasteiger charge is -2.34. The summed E-state index contributed by atoms with van der Waals surface area (Å²) in [6, 6.07) is 0. The smallest absolute Gasteiger partial charge is 0.293 e. The second-order valence-electron chi connectivity index (χ2n) is 5.69. The van der Waals surface area contributed by atoms with Crippen LogP contribution in [0.5, 0.6) is 0 Å². The van der Waals surface area contributed by atoms with E-state index in [1.165, 1.54) is 4.57 Å². The van der Waals surface area contributed by atoms with Crippen molar-refractivity contribution in [1.82, 2.24) is 19.5 Å². The minimum atomic E-state index is -0.464. The number of ether oxygens (including phenoxy) is 1. The summed E-state index contributed by atoms with van der Waals surface area (Å²) in [5, 5.41) is 0. The lowest BCUT2D eigenvalue weighted by Crippen LogP contribution is -2.48. The quantitative estimate of drug-likeness (QED) is 0.782. The molecule has 8 nitrogen and oxygen atoms in total. The van der Waals surface area contributed by atoms with E-state index in [1.54, 1.807) is 31.4 Å². The molecular formula is C15H19FN6O2. The summed E-state index contributed by atoms with van der Waals surface area (Å²) < 4.78 is 20.2. The van der Waals surface area contributed by atoms with E-state index in [9.17, 15) is 9.18 Å². The lowest BCUT2D eigenvalue weighted by molar-refractivity contribution is 0.0452. The summed E-state index contributed by atoms with van der Waals surface area (Å²) in [4.78, 5) is 28.0. The van der Waals surface area contributed by atoms with Crippen LogP contribution in [0.1, 0.15) is 0 Å². The minimum absolute atomic E-state index is 0.135. The fourth-order valence-corrected chi connectivity index (χ4v) is 2.62.